The molecule has 0 atom stereocenters. The highest BCUT2D eigenvalue weighted by atomic mass is 35.5. The van der Waals surface area contributed by atoms with Gasteiger partial charge in [0.15, 0.2) is 0 Å². The van der Waals surface area contributed by atoms with E-state index in [1.165, 1.54) is 6.07 Å². The number of nitrogens with one attached hydrogen (secondary N) is 1. The number of carbonyl (C=O) groups excluding carboxylic acids is 1. The molecule has 2 aliphatic rings. The highest BCUT2D eigenvalue weighted by Gasteiger charge is 2.51. The van der Waals surface area contributed by atoms with Crippen LogP contribution in [0.5, 0.6) is 0 Å². The molecule has 8 heteroatoms. The molecular formula is C19H29BClFN2O3. The van der Waals surface area contributed by atoms with Crippen molar-refractivity contribution in [3.63, 3.8) is 0 Å². The van der Waals surface area contributed by atoms with Crippen LogP contribution in [-0.4, -0.2) is 55.3 Å². The van der Waals surface area contributed by atoms with E-state index in [0.29, 0.717) is 24.6 Å². The van der Waals surface area contributed by atoms with Crippen LogP contribution in [0.3, 0.4) is 0 Å². The zero-order valence-corrected chi connectivity index (χ0v) is 17.5. The zero-order chi connectivity index (χ0) is 19.1. The maximum atomic E-state index is 14.7. The minimum atomic E-state index is -0.634. The number of benzene rings is 1. The molecule has 2 fully saturated rings. The molecule has 27 heavy (non-hydrogen) atoms. The van der Waals surface area contributed by atoms with Crippen molar-refractivity contribution >= 4 is 30.9 Å². The summed E-state index contributed by atoms with van der Waals surface area (Å²) in [4.78, 5) is 14.4. The number of likely N-dealkylation sites (tertiary alicyclic amines) is 1. The summed E-state index contributed by atoms with van der Waals surface area (Å²) >= 11 is 0. The molecule has 2 heterocycles. The summed E-state index contributed by atoms with van der Waals surface area (Å²) in [6, 6.07) is 5.05. The van der Waals surface area contributed by atoms with Crippen LogP contribution in [0.1, 0.15) is 50.9 Å². The largest absolute Gasteiger partial charge is 0.494 e. The summed E-state index contributed by atoms with van der Waals surface area (Å²) in [5, 5.41) is 3.23. The van der Waals surface area contributed by atoms with Gasteiger partial charge in [-0.25, -0.2) is 4.39 Å². The summed E-state index contributed by atoms with van der Waals surface area (Å²) in [7, 11) is 1.29. The second-order valence-electron chi connectivity index (χ2n) is 8.18. The molecule has 0 radical (unpaired) electrons. The van der Waals surface area contributed by atoms with E-state index in [0.717, 1.165) is 12.8 Å². The third-order valence-corrected chi connectivity index (χ3v) is 5.94. The average molecular weight is 399 g/mol. The molecule has 2 aliphatic heterocycles. The highest BCUT2D eigenvalue weighted by Crippen LogP contribution is 2.36. The molecule has 0 aliphatic carbocycles. The van der Waals surface area contributed by atoms with E-state index >= 15 is 0 Å². The van der Waals surface area contributed by atoms with Crippen molar-refractivity contribution in [1.29, 1.82) is 0 Å². The fourth-order valence-corrected chi connectivity index (χ4v) is 3.37. The topological polar surface area (TPSA) is 50.8 Å². The average Bonchev–Trinajstić information content (AvgIpc) is 2.82. The van der Waals surface area contributed by atoms with Gasteiger partial charge in [-0.3, -0.25) is 4.79 Å². The van der Waals surface area contributed by atoms with Gasteiger partial charge >= 0.3 is 7.12 Å². The summed E-state index contributed by atoms with van der Waals surface area (Å²) in [5.74, 6) is -0.782. The number of carbonyl (C=O) groups is 1. The smallest absolute Gasteiger partial charge is 0.399 e. The first-order valence-electron chi connectivity index (χ1n) is 9.26. The second kappa shape index (κ2) is 8.07. The lowest BCUT2D eigenvalue weighted by Gasteiger charge is -2.32. The van der Waals surface area contributed by atoms with Crippen molar-refractivity contribution in [2.75, 3.05) is 20.1 Å². The number of halogens is 2. The Labute approximate surface area is 167 Å². The Morgan fingerprint density at radius 3 is 2.22 bits per heavy atom. The van der Waals surface area contributed by atoms with Crippen molar-refractivity contribution < 1.29 is 18.5 Å². The first-order valence-corrected chi connectivity index (χ1v) is 9.26. The maximum Gasteiger partial charge on any atom is 0.494 e. The molecule has 150 valence electrons. The van der Waals surface area contributed by atoms with E-state index < -0.39 is 24.1 Å². The lowest BCUT2D eigenvalue weighted by Crippen LogP contribution is -2.44. The van der Waals surface area contributed by atoms with Crippen molar-refractivity contribution in [1.82, 2.24) is 10.2 Å². The van der Waals surface area contributed by atoms with Crippen molar-refractivity contribution in [2.24, 2.45) is 0 Å². The SMILES string of the molecule is CNC1CCN(C(=O)c2ccc(B3OC(C)(C)C(C)(C)O3)cc2F)CC1.Cl. The van der Waals surface area contributed by atoms with Crippen LogP contribution in [0.25, 0.3) is 0 Å². The minimum Gasteiger partial charge on any atom is -0.399 e. The van der Waals surface area contributed by atoms with E-state index in [1.807, 2.05) is 34.7 Å². The number of nitrogens with zero attached hydrogens (tertiary/aromatic N) is 1. The molecule has 0 aromatic heterocycles. The molecule has 1 amide bonds. The Kier molecular flexibility index (Phi) is 6.62. The van der Waals surface area contributed by atoms with E-state index in [9.17, 15) is 9.18 Å². The highest BCUT2D eigenvalue weighted by molar-refractivity contribution is 6.62. The van der Waals surface area contributed by atoms with E-state index in [2.05, 4.69) is 5.32 Å². The molecule has 0 saturated carbocycles. The van der Waals surface area contributed by atoms with Gasteiger partial charge in [-0.1, -0.05) is 6.07 Å². The predicted molar refractivity (Wildman–Crippen MR) is 107 cm³/mol. The van der Waals surface area contributed by atoms with E-state index in [4.69, 9.17) is 9.31 Å². The number of hydrogen-bond donors (Lipinski definition) is 1. The van der Waals surface area contributed by atoms with E-state index in [-0.39, 0.29) is 23.9 Å². The van der Waals surface area contributed by atoms with Crippen LogP contribution in [0.4, 0.5) is 4.39 Å². The van der Waals surface area contributed by atoms with Gasteiger partial charge in [0.1, 0.15) is 5.82 Å². The van der Waals surface area contributed by atoms with Gasteiger partial charge in [0.25, 0.3) is 5.91 Å². The van der Waals surface area contributed by atoms with Crippen LogP contribution in [-0.2, 0) is 9.31 Å². The van der Waals surface area contributed by atoms with Gasteiger partial charge in [0, 0.05) is 19.1 Å². The molecule has 2 saturated heterocycles. The third kappa shape index (κ3) is 4.31. The normalized spacial score (nSPS) is 21.9. The molecule has 0 bridgehead atoms. The Balaban J connectivity index is 0.00000261. The third-order valence-electron chi connectivity index (χ3n) is 5.94. The predicted octanol–water partition coefficient (Wildman–Crippen LogP) is 2.37. The first-order chi connectivity index (χ1) is 12.1. The van der Waals surface area contributed by atoms with Crippen LogP contribution < -0.4 is 10.8 Å². The number of amides is 1. The van der Waals surface area contributed by atoms with Crippen molar-refractivity contribution in [3.8, 4) is 0 Å². The standard InChI is InChI=1S/C19H28BFN2O3.ClH/c1-18(2)19(3,4)26-20(25-18)13-6-7-15(16(21)12-13)17(24)23-10-8-14(22-5)9-11-23;/h6-7,12,14,22H,8-11H2,1-5H3;1H. The second-order valence-corrected chi connectivity index (χ2v) is 8.18. The van der Waals surface area contributed by atoms with Crippen LogP contribution in [0.15, 0.2) is 18.2 Å². The zero-order valence-electron chi connectivity index (χ0n) is 16.7. The van der Waals surface area contributed by atoms with Crippen LogP contribution in [0.2, 0.25) is 0 Å². The molecule has 0 unspecified atom stereocenters. The fraction of sp³-hybridized carbons (Fsp3) is 0.632. The van der Waals surface area contributed by atoms with Crippen LogP contribution in [0, 0.1) is 5.82 Å². The quantitative estimate of drug-likeness (QED) is 0.794. The van der Waals surface area contributed by atoms with E-state index in [1.54, 1.807) is 17.0 Å². The molecule has 1 aromatic rings. The fourth-order valence-electron chi connectivity index (χ4n) is 3.37. The summed E-state index contributed by atoms with van der Waals surface area (Å²) < 4.78 is 26.6. The van der Waals surface area contributed by atoms with Gasteiger partial charge in [-0.2, -0.15) is 0 Å². The summed E-state index contributed by atoms with van der Waals surface area (Å²) in [5.41, 5.74) is -0.277. The van der Waals surface area contributed by atoms with Gasteiger partial charge < -0.3 is 19.5 Å². The number of rotatable bonds is 3. The number of hydrogen-bond acceptors (Lipinski definition) is 4. The maximum absolute atomic E-state index is 14.7. The summed E-state index contributed by atoms with van der Waals surface area (Å²) in [6.07, 6.45) is 1.77. The van der Waals surface area contributed by atoms with Gasteiger partial charge in [0.05, 0.1) is 16.8 Å². The minimum absolute atomic E-state index is 0. The van der Waals surface area contributed by atoms with Crippen molar-refractivity contribution in [3.05, 3.63) is 29.6 Å². The molecule has 3 rings (SSSR count). The van der Waals surface area contributed by atoms with Gasteiger partial charge in [-0.05, 0) is 65.2 Å². The number of piperidine rings is 1. The van der Waals surface area contributed by atoms with Crippen LogP contribution >= 0.6 is 12.4 Å². The molecule has 1 aromatic carbocycles. The van der Waals surface area contributed by atoms with Gasteiger partial charge in [-0.15, -0.1) is 12.4 Å². The Hall–Kier alpha value is -1.15. The summed E-state index contributed by atoms with van der Waals surface area (Å²) in [6.45, 7) is 9.10. The first kappa shape index (κ1) is 22.1. The molecule has 1 N–H and O–H groups in total. The van der Waals surface area contributed by atoms with Gasteiger partial charge in [0.2, 0.25) is 0 Å². The lowest BCUT2D eigenvalue weighted by atomic mass is 9.78. The molecule has 5 nitrogen and oxygen atoms in total. The molecule has 0 spiro atoms. The van der Waals surface area contributed by atoms with Crippen molar-refractivity contribution in [2.45, 2.75) is 57.8 Å². The molecular weight excluding hydrogens is 369 g/mol. The Morgan fingerprint density at radius 1 is 1.19 bits per heavy atom. The Morgan fingerprint density at radius 2 is 1.74 bits per heavy atom. The Bertz CT molecular complexity index is 678. The lowest BCUT2D eigenvalue weighted by molar-refractivity contribution is 0.00578. The monoisotopic (exact) mass is 398 g/mol.